The number of hydrogen-bond donors (Lipinski definition) is 2. The molecular formula is C13H13N6O4S-. The Kier molecular flexibility index (Phi) is 5.04. The van der Waals surface area contributed by atoms with E-state index in [4.69, 9.17) is 12.2 Å². The molecule has 1 aliphatic carbocycles. The van der Waals surface area contributed by atoms with Crippen molar-refractivity contribution in [3.05, 3.63) is 34.7 Å². The molecule has 24 heavy (non-hydrogen) atoms. The van der Waals surface area contributed by atoms with Crippen molar-refractivity contribution in [3.8, 4) is 0 Å². The van der Waals surface area contributed by atoms with Crippen LogP contribution in [0.25, 0.3) is 0 Å². The number of carbonyl (C=O) groups is 2. The van der Waals surface area contributed by atoms with Crippen LogP contribution in [-0.2, 0) is 9.59 Å². The summed E-state index contributed by atoms with van der Waals surface area (Å²) < 4.78 is 0. The number of carbonyl (C=O) groups excluding carboxylic acids is 2. The molecule has 0 fully saturated rings. The first-order valence-electron chi connectivity index (χ1n) is 6.70. The van der Waals surface area contributed by atoms with Crippen molar-refractivity contribution in [1.29, 1.82) is 0 Å². The van der Waals surface area contributed by atoms with Gasteiger partial charge in [0.2, 0.25) is 16.7 Å². The fourth-order valence-electron chi connectivity index (χ4n) is 1.86. The molecule has 1 unspecified atom stereocenters. The summed E-state index contributed by atoms with van der Waals surface area (Å²) in [4.78, 5) is 27.0. The average Bonchev–Trinajstić information content (AvgIpc) is 2.51. The van der Waals surface area contributed by atoms with E-state index in [0.717, 1.165) is 5.01 Å². The summed E-state index contributed by atoms with van der Waals surface area (Å²) in [6.45, 7) is 2.84. The lowest BCUT2D eigenvalue weighted by molar-refractivity contribution is -0.377. The van der Waals surface area contributed by atoms with E-state index in [2.05, 4.69) is 20.9 Å². The maximum absolute atomic E-state index is 12.4. The summed E-state index contributed by atoms with van der Waals surface area (Å²) in [6.07, 6.45) is 5.45. The third kappa shape index (κ3) is 3.81. The van der Waals surface area contributed by atoms with Gasteiger partial charge in [-0.2, -0.15) is 15.0 Å². The number of nitrogens with one attached hydrogen (secondary N) is 2. The highest BCUT2D eigenvalue weighted by Gasteiger charge is 2.34. The number of nitrogens with zero attached hydrogens (tertiary/aromatic N) is 4. The highest BCUT2D eigenvalue weighted by molar-refractivity contribution is 7.80. The molecule has 0 saturated carbocycles. The van der Waals surface area contributed by atoms with E-state index >= 15 is 0 Å². The van der Waals surface area contributed by atoms with Gasteiger partial charge in [-0.3, -0.25) is 20.4 Å². The monoisotopic (exact) mass is 349 g/mol. The van der Waals surface area contributed by atoms with Crippen molar-refractivity contribution in [2.75, 3.05) is 0 Å². The molecule has 2 rings (SSSR count). The maximum Gasteiger partial charge on any atom is 0.277 e. The summed E-state index contributed by atoms with van der Waals surface area (Å²) in [5.74, 6) is -1.00. The zero-order valence-electron chi connectivity index (χ0n) is 12.7. The SMILES string of the molecule is CC(=O)NN1C(=O)C(NN=C2C=CC(=[N+]([O-])[O-])C=C2)C(C)=NC1=S. The molecule has 126 valence electrons. The first kappa shape index (κ1) is 17.3. The van der Waals surface area contributed by atoms with E-state index in [9.17, 15) is 20.0 Å². The minimum atomic E-state index is -0.918. The molecule has 10 nitrogen and oxygen atoms in total. The van der Waals surface area contributed by atoms with Gasteiger partial charge in [0.15, 0.2) is 6.04 Å². The minimum Gasteiger partial charge on any atom is -0.612 e. The molecule has 11 heteroatoms. The molecule has 2 aliphatic rings. The fourth-order valence-corrected chi connectivity index (χ4v) is 2.14. The molecule has 0 aromatic rings. The molecule has 2 amide bonds. The Morgan fingerprint density at radius 2 is 2.00 bits per heavy atom. The molecule has 0 bridgehead atoms. The van der Waals surface area contributed by atoms with E-state index in [-0.39, 0.29) is 10.8 Å². The second-order valence-electron chi connectivity index (χ2n) is 4.82. The number of hydrazine groups is 1. The van der Waals surface area contributed by atoms with Crippen molar-refractivity contribution in [1.82, 2.24) is 15.9 Å². The predicted octanol–water partition coefficient (Wildman–Crippen LogP) is -0.485. The number of thiocarbonyl (C=S) groups is 1. The number of hydrogen-bond acceptors (Lipinski definition) is 7. The first-order valence-corrected chi connectivity index (χ1v) is 7.11. The molecule has 0 saturated heterocycles. The second-order valence-corrected chi connectivity index (χ2v) is 5.19. The average molecular weight is 349 g/mol. The van der Waals surface area contributed by atoms with E-state index in [0.29, 0.717) is 11.4 Å². The highest BCUT2D eigenvalue weighted by atomic mass is 32.1. The zero-order chi connectivity index (χ0) is 17.9. The molecule has 1 atom stereocenters. The van der Waals surface area contributed by atoms with Gasteiger partial charge in [-0.1, -0.05) is 0 Å². The van der Waals surface area contributed by atoms with Crippen LogP contribution in [0.5, 0.6) is 0 Å². The van der Waals surface area contributed by atoms with Gasteiger partial charge in [0, 0.05) is 19.1 Å². The quantitative estimate of drug-likeness (QED) is 0.306. The smallest absolute Gasteiger partial charge is 0.277 e. The van der Waals surface area contributed by atoms with Crippen LogP contribution in [0.3, 0.4) is 0 Å². The lowest BCUT2D eigenvalue weighted by Gasteiger charge is -2.29. The van der Waals surface area contributed by atoms with E-state index in [1.807, 2.05) is 0 Å². The zero-order valence-corrected chi connectivity index (χ0v) is 13.5. The molecule has 1 heterocycles. The van der Waals surface area contributed by atoms with Crippen molar-refractivity contribution in [2.45, 2.75) is 19.9 Å². The Morgan fingerprint density at radius 1 is 1.38 bits per heavy atom. The van der Waals surface area contributed by atoms with Gasteiger partial charge in [-0.25, -0.2) is 4.99 Å². The Balaban J connectivity index is 2.15. The minimum absolute atomic E-state index is 0.0670. The lowest BCUT2D eigenvalue weighted by atomic mass is 10.1. The fraction of sp³-hybridized carbons (Fsp3) is 0.231. The molecule has 0 aromatic carbocycles. The Hall–Kier alpha value is -3.08. The predicted molar refractivity (Wildman–Crippen MR) is 91.0 cm³/mol. The number of aliphatic imine (C=N–C) groups is 1. The lowest BCUT2D eigenvalue weighted by Crippen LogP contribution is -2.59. The molecule has 1 aliphatic heterocycles. The van der Waals surface area contributed by atoms with Crippen LogP contribution in [0.1, 0.15) is 13.8 Å². The molecule has 0 aromatic heterocycles. The van der Waals surface area contributed by atoms with Crippen LogP contribution in [0.4, 0.5) is 0 Å². The summed E-state index contributed by atoms with van der Waals surface area (Å²) in [5, 5.41) is 26.0. The van der Waals surface area contributed by atoms with Gasteiger partial charge in [-0.15, -0.1) is 0 Å². The van der Waals surface area contributed by atoms with Crippen LogP contribution in [-0.4, -0.2) is 50.0 Å². The standard InChI is InChI=1S/C13H13N6O4S/c1-7-11(12(21)18(13(24)14-7)17-8(2)20)16-15-9-3-5-10(6-4-9)19(22)23/h3-6,11,16H,1-2H3,(H-,15,17,20,22,23)/q-1. The van der Waals surface area contributed by atoms with Crippen LogP contribution in [0, 0.1) is 10.4 Å². The Labute approximate surface area is 142 Å². The highest BCUT2D eigenvalue weighted by Crippen LogP contribution is 2.07. The third-order valence-electron chi connectivity index (χ3n) is 3.00. The van der Waals surface area contributed by atoms with Gasteiger partial charge in [0.1, 0.15) is 0 Å². The van der Waals surface area contributed by atoms with Crippen LogP contribution < -0.4 is 10.9 Å². The summed E-state index contributed by atoms with van der Waals surface area (Å²) in [7, 11) is 0. The van der Waals surface area contributed by atoms with Gasteiger partial charge in [0.05, 0.1) is 11.4 Å². The van der Waals surface area contributed by atoms with E-state index in [1.165, 1.54) is 31.2 Å². The Bertz CT molecular complexity index is 730. The van der Waals surface area contributed by atoms with Gasteiger partial charge >= 0.3 is 0 Å². The summed E-state index contributed by atoms with van der Waals surface area (Å²) >= 11 is 4.95. The number of allylic oxidation sites excluding steroid dienone is 4. The number of hydrazone groups is 1. The topological polar surface area (TPSA) is 135 Å². The van der Waals surface area contributed by atoms with Crippen molar-refractivity contribution < 1.29 is 14.5 Å². The van der Waals surface area contributed by atoms with Gasteiger partial charge in [0.25, 0.3) is 5.91 Å². The maximum atomic E-state index is 12.4. The van der Waals surface area contributed by atoms with E-state index < -0.39 is 22.8 Å². The summed E-state index contributed by atoms with van der Waals surface area (Å²) in [5.41, 5.74) is 5.63. The molecule has 0 radical (unpaired) electrons. The van der Waals surface area contributed by atoms with Crippen molar-refractivity contribution in [3.63, 3.8) is 0 Å². The van der Waals surface area contributed by atoms with Crippen molar-refractivity contribution in [2.24, 2.45) is 10.1 Å². The van der Waals surface area contributed by atoms with E-state index in [1.54, 1.807) is 6.92 Å². The number of rotatable bonds is 3. The molecule has 2 N–H and O–H groups in total. The molecular weight excluding hydrogens is 336 g/mol. The number of amides is 2. The van der Waals surface area contributed by atoms with Gasteiger partial charge < -0.3 is 10.4 Å². The van der Waals surface area contributed by atoms with Crippen LogP contribution >= 0.6 is 12.2 Å². The van der Waals surface area contributed by atoms with Crippen LogP contribution in [0.15, 0.2) is 34.4 Å². The van der Waals surface area contributed by atoms with Crippen LogP contribution in [0.2, 0.25) is 0 Å². The first-order chi connectivity index (χ1) is 11.3. The third-order valence-corrected chi connectivity index (χ3v) is 3.27. The Morgan fingerprint density at radius 3 is 2.54 bits per heavy atom. The molecule has 0 spiro atoms. The largest absolute Gasteiger partial charge is 0.612 e. The van der Waals surface area contributed by atoms with Gasteiger partial charge in [-0.05, 0) is 31.3 Å². The normalized spacial score (nSPS) is 20.0. The van der Waals surface area contributed by atoms with Crippen molar-refractivity contribution >= 4 is 46.3 Å². The summed E-state index contributed by atoms with van der Waals surface area (Å²) in [6, 6.07) is -0.918. The second kappa shape index (κ2) is 7.00.